The van der Waals surface area contributed by atoms with Gasteiger partial charge in [-0.05, 0) is 24.5 Å². The second kappa shape index (κ2) is 7.32. The van der Waals surface area contributed by atoms with Crippen LogP contribution in [0.25, 0.3) is 0 Å². The Morgan fingerprint density at radius 2 is 2.04 bits per heavy atom. The number of benzene rings is 1. The predicted molar refractivity (Wildman–Crippen MR) is 88.4 cm³/mol. The number of aliphatic hydroxyl groups is 1. The fourth-order valence-electron chi connectivity index (χ4n) is 3.56. The minimum absolute atomic E-state index is 0.0729. The summed E-state index contributed by atoms with van der Waals surface area (Å²) in [6.45, 7) is 5.93. The number of ether oxygens (including phenoxy) is 1. The molecule has 5 nitrogen and oxygen atoms in total. The second-order valence-corrected chi connectivity index (χ2v) is 6.43. The minimum atomic E-state index is -0.0729. The van der Waals surface area contributed by atoms with Crippen molar-refractivity contribution in [2.45, 2.75) is 25.8 Å². The van der Waals surface area contributed by atoms with Crippen LogP contribution in [0.1, 0.15) is 18.9 Å². The van der Waals surface area contributed by atoms with Gasteiger partial charge in [0.25, 0.3) is 0 Å². The van der Waals surface area contributed by atoms with Crippen molar-refractivity contribution in [3.05, 3.63) is 29.8 Å². The Labute approximate surface area is 137 Å². The van der Waals surface area contributed by atoms with Crippen LogP contribution in [0.2, 0.25) is 0 Å². The van der Waals surface area contributed by atoms with E-state index in [0.717, 1.165) is 50.3 Å². The number of nitrogens with zero attached hydrogens (tertiary/aromatic N) is 2. The van der Waals surface area contributed by atoms with Crippen molar-refractivity contribution >= 4 is 5.91 Å². The van der Waals surface area contributed by atoms with E-state index < -0.39 is 0 Å². The Hall–Kier alpha value is -1.59. The zero-order chi connectivity index (χ0) is 16.2. The molecule has 23 heavy (non-hydrogen) atoms. The van der Waals surface area contributed by atoms with Gasteiger partial charge < -0.3 is 14.7 Å². The summed E-state index contributed by atoms with van der Waals surface area (Å²) in [6.07, 6.45) is 1.71. The zero-order valence-electron chi connectivity index (χ0n) is 13.8. The molecule has 2 atom stereocenters. The molecule has 1 aromatic rings. The third kappa shape index (κ3) is 3.51. The summed E-state index contributed by atoms with van der Waals surface area (Å²) in [4.78, 5) is 17.0. The van der Waals surface area contributed by atoms with Crippen LogP contribution in [0.15, 0.2) is 24.3 Å². The fraction of sp³-hybridized carbons (Fsp3) is 0.611. The maximum Gasteiger partial charge on any atom is 0.229 e. The second-order valence-electron chi connectivity index (χ2n) is 6.43. The smallest absolute Gasteiger partial charge is 0.229 e. The van der Waals surface area contributed by atoms with Gasteiger partial charge >= 0.3 is 0 Å². The van der Waals surface area contributed by atoms with E-state index in [4.69, 9.17) is 4.74 Å². The van der Waals surface area contributed by atoms with Crippen molar-refractivity contribution < 1.29 is 14.6 Å². The summed E-state index contributed by atoms with van der Waals surface area (Å²) in [5.74, 6) is 1.04. The van der Waals surface area contributed by atoms with E-state index in [0.29, 0.717) is 6.61 Å². The summed E-state index contributed by atoms with van der Waals surface area (Å²) in [7, 11) is 0. The number of hydrogen-bond donors (Lipinski definition) is 1. The number of fused-ring (bicyclic) bond motifs is 1. The van der Waals surface area contributed by atoms with Gasteiger partial charge in [-0.25, -0.2) is 0 Å². The number of carbonyl (C=O) groups is 1. The van der Waals surface area contributed by atoms with Gasteiger partial charge in [0.05, 0.1) is 12.5 Å². The van der Waals surface area contributed by atoms with Crippen LogP contribution >= 0.6 is 0 Å². The fourth-order valence-corrected chi connectivity index (χ4v) is 3.56. The highest BCUT2D eigenvalue weighted by molar-refractivity contribution is 5.80. The van der Waals surface area contributed by atoms with Crippen molar-refractivity contribution in [2.24, 2.45) is 5.92 Å². The van der Waals surface area contributed by atoms with E-state index in [1.54, 1.807) is 0 Å². The molecule has 1 amide bonds. The molecule has 2 aliphatic heterocycles. The first-order valence-electron chi connectivity index (χ1n) is 8.57. The van der Waals surface area contributed by atoms with Crippen LogP contribution < -0.4 is 4.74 Å². The summed E-state index contributed by atoms with van der Waals surface area (Å²) in [6, 6.07) is 8.19. The molecule has 0 saturated carbocycles. The zero-order valence-corrected chi connectivity index (χ0v) is 13.8. The lowest BCUT2D eigenvalue weighted by Gasteiger charge is -2.40. The molecule has 2 aliphatic rings. The lowest BCUT2D eigenvalue weighted by atomic mass is 9.95. The Bertz CT molecular complexity index is 537. The van der Waals surface area contributed by atoms with Gasteiger partial charge in [0.1, 0.15) is 12.4 Å². The topological polar surface area (TPSA) is 53.0 Å². The average molecular weight is 318 g/mol. The first kappa shape index (κ1) is 16.3. The Kier molecular flexibility index (Phi) is 5.18. The van der Waals surface area contributed by atoms with Crippen molar-refractivity contribution in [3.8, 4) is 5.75 Å². The van der Waals surface area contributed by atoms with Crippen molar-refractivity contribution in [1.82, 2.24) is 9.80 Å². The Morgan fingerprint density at radius 1 is 1.30 bits per heavy atom. The van der Waals surface area contributed by atoms with Crippen LogP contribution in [-0.2, 0) is 11.2 Å². The normalized spacial score (nSPS) is 23.0. The van der Waals surface area contributed by atoms with Gasteiger partial charge in [0.15, 0.2) is 0 Å². The monoisotopic (exact) mass is 318 g/mol. The molecule has 1 N–H and O–H groups in total. The van der Waals surface area contributed by atoms with Crippen LogP contribution in [0, 0.1) is 5.92 Å². The molecular weight excluding hydrogens is 292 g/mol. The van der Waals surface area contributed by atoms with E-state index >= 15 is 0 Å². The first-order valence-corrected chi connectivity index (χ1v) is 8.57. The highest BCUT2D eigenvalue weighted by atomic mass is 16.5. The van der Waals surface area contributed by atoms with Gasteiger partial charge in [-0.3, -0.25) is 9.69 Å². The van der Waals surface area contributed by atoms with Crippen LogP contribution in [-0.4, -0.2) is 66.2 Å². The standard InChI is InChI=1S/C18H26N2O3/c1-2-16(12-21)19-7-9-20(10-8-19)18(22)15-11-14-5-3-4-6-17(14)23-13-15/h3-6,15-16,21H,2,7-13H2,1H3. The molecular formula is C18H26N2O3. The van der Waals surface area contributed by atoms with Crippen LogP contribution in [0.3, 0.4) is 0 Å². The van der Waals surface area contributed by atoms with E-state index in [-0.39, 0.29) is 24.5 Å². The number of carbonyl (C=O) groups excluding carboxylic acids is 1. The van der Waals surface area contributed by atoms with Gasteiger partial charge in [-0.1, -0.05) is 25.1 Å². The Balaban J connectivity index is 1.56. The minimum Gasteiger partial charge on any atom is -0.492 e. The molecule has 126 valence electrons. The number of amides is 1. The van der Waals surface area contributed by atoms with E-state index in [1.165, 1.54) is 0 Å². The molecule has 2 heterocycles. The largest absolute Gasteiger partial charge is 0.492 e. The van der Waals surface area contributed by atoms with Crippen LogP contribution in [0.4, 0.5) is 0 Å². The molecule has 1 fully saturated rings. The molecule has 1 aromatic carbocycles. The predicted octanol–water partition coefficient (Wildman–Crippen LogP) is 1.15. The number of piperazine rings is 1. The third-order valence-corrected chi connectivity index (χ3v) is 5.05. The summed E-state index contributed by atoms with van der Waals surface area (Å²) < 4.78 is 5.75. The molecule has 0 aromatic heterocycles. The number of para-hydroxylation sites is 1. The molecule has 1 saturated heterocycles. The van der Waals surface area contributed by atoms with E-state index in [9.17, 15) is 9.90 Å². The van der Waals surface area contributed by atoms with Crippen molar-refractivity contribution in [1.29, 1.82) is 0 Å². The van der Waals surface area contributed by atoms with Crippen molar-refractivity contribution in [3.63, 3.8) is 0 Å². The molecule has 0 aliphatic carbocycles. The molecule has 2 unspecified atom stereocenters. The van der Waals surface area contributed by atoms with Crippen LogP contribution in [0.5, 0.6) is 5.75 Å². The molecule has 0 radical (unpaired) electrons. The maximum atomic E-state index is 12.8. The van der Waals surface area contributed by atoms with Gasteiger partial charge in [-0.2, -0.15) is 0 Å². The van der Waals surface area contributed by atoms with Gasteiger partial charge in [0.2, 0.25) is 5.91 Å². The average Bonchev–Trinajstić information content (AvgIpc) is 2.62. The van der Waals surface area contributed by atoms with E-state index in [1.807, 2.05) is 29.2 Å². The molecule has 3 rings (SSSR count). The van der Waals surface area contributed by atoms with Gasteiger partial charge in [0, 0.05) is 32.2 Å². The molecule has 0 spiro atoms. The highest BCUT2D eigenvalue weighted by Gasteiger charge is 2.32. The lowest BCUT2D eigenvalue weighted by Crippen LogP contribution is -2.54. The molecule has 0 bridgehead atoms. The summed E-state index contributed by atoms with van der Waals surface area (Å²) >= 11 is 0. The third-order valence-electron chi connectivity index (χ3n) is 5.05. The van der Waals surface area contributed by atoms with E-state index in [2.05, 4.69) is 11.8 Å². The quantitative estimate of drug-likeness (QED) is 0.905. The van der Waals surface area contributed by atoms with Crippen molar-refractivity contribution in [2.75, 3.05) is 39.4 Å². The SMILES string of the molecule is CCC(CO)N1CCN(C(=O)C2COc3ccccc3C2)CC1. The lowest BCUT2D eigenvalue weighted by molar-refractivity contribution is -0.139. The summed E-state index contributed by atoms with van der Waals surface area (Å²) in [5.41, 5.74) is 1.13. The number of rotatable bonds is 4. The number of aliphatic hydroxyl groups excluding tert-OH is 1. The Morgan fingerprint density at radius 3 is 2.74 bits per heavy atom. The molecule has 5 heteroatoms. The highest BCUT2D eigenvalue weighted by Crippen LogP contribution is 2.28. The number of hydrogen-bond acceptors (Lipinski definition) is 4. The maximum absolute atomic E-state index is 12.8. The first-order chi connectivity index (χ1) is 11.2. The summed E-state index contributed by atoms with van der Waals surface area (Å²) in [5, 5.41) is 9.41. The van der Waals surface area contributed by atoms with Gasteiger partial charge in [-0.15, -0.1) is 0 Å².